The second-order valence-corrected chi connectivity index (χ2v) is 5.22. The maximum atomic E-state index is 13.5. The molecule has 2 rings (SSSR count). The first kappa shape index (κ1) is 14.8. The van der Waals surface area contributed by atoms with Gasteiger partial charge in [0, 0.05) is 18.6 Å². The molecule has 0 unspecified atom stereocenters. The molecule has 0 saturated heterocycles. The van der Waals surface area contributed by atoms with Crippen molar-refractivity contribution in [1.82, 2.24) is 4.90 Å². The fourth-order valence-electron chi connectivity index (χ4n) is 1.71. The number of nitrogens with zero attached hydrogens (tertiary/aromatic N) is 1. The number of anilines is 1. The normalized spacial score (nSPS) is 10.2. The summed E-state index contributed by atoms with van der Waals surface area (Å²) in [4.78, 5) is 1.84. The van der Waals surface area contributed by atoms with Crippen molar-refractivity contribution in [2.24, 2.45) is 0 Å². The van der Waals surface area contributed by atoms with Crippen molar-refractivity contribution in [3.8, 4) is 0 Å². The van der Waals surface area contributed by atoms with Crippen molar-refractivity contribution >= 4 is 34.6 Å². The predicted molar refractivity (Wildman–Crippen MR) is 85.5 cm³/mol. The van der Waals surface area contributed by atoms with Crippen LogP contribution < -0.4 is 5.32 Å². The van der Waals surface area contributed by atoms with Crippen LogP contribution in [-0.2, 0) is 6.54 Å². The van der Waals surface area contributed by atoms with Crippen molar-refractivity contribution in [2.75, 3.05) is 12.4 Å². The molecule has 2 aromatic rings. The Morgan fingerprint density at radius 3 is 2.50 bits per heavy atom. The van der Waals surface area contributed by atoms with Crippen molar-refractivity contribution in [2.45, 2.75) is 6.54 Å². The van der Waals surface area contributed by atoms with Crippen LogP contribution in [0.3, 0.4) is 0 Å². The van der Waals surface area contributed by atoms with Crippen LogP contribution in [0.2, 0.25) is 5.02 Å². The van der Waals surface area contributed by atoms with Crippen LogP contribution >= 0.6 is 23.8 Å². The Morgan fingerprint density at radius 2 is 1.85 bits per heavy atom. The van der Waals surface area contributed by atoms with Gasteiger partial charge in [-0.1, -0.05) is 35.9 Å². The zero-order valence-electron chi connectivity index (χ0n) is 10.9. The van der Waals surface area contributed by atoms with E-state index in [-0.39, 0.29) is 5.82 Å². The minimum Gasteiger partial charge on any atom is -0.348 e. The lowest BCUT2D eigenvalue weighted by atomic mass is 10.2. The Morgan fingerprint density at radius 1 is 1.20 bits per heavy atom. The van der Waals surface area contributed by atoms with E-state index in [1.165, 1.54) is 6.07 Å². The maximum Gasteiger partial charge on any atom is 0.173 e. The molecule has 104 valence electrons. The Balaban J connectivity index is 1.99. The standard InChI is InChI=1S/C15H14ClFN2S/c1-19(10-11-6-8-12(16)9-7-11)15(20)18-14-5-3-2-4-13(14)17/h2-9H,10H2,1H3,(H,18,20). The van der Waals surface area contributed by atoms with Crippen LogP contribution in [0.4, 0.5) is 10.1 Å². The van der Waals surface area contributed by atoms with E-state index in [2.05, 4.69) is 5.32 Å². The lowest BCUT2D eigenvalue weighted by Gasteiger charge is -2.21. The van der Waals surface area contributed by atoms with E-state index < -0.39 is 0 Å². The van der Waals surface area contributed by atoms with E-state index in [1.807, 2.05) is 36.2 Å². The van der Waals surface area contributed by atoms with Crippen LogP contribution in [-0.4, -0.2) is 17.1 Å². The minimum atomic E-state index is -0.324. The van der Waals surface area contributed by atoms with Gasteiger partial charge >= 0.3 is 0 Å². The zero-order valence-corrected chi connectivity index (χ0v) is 12.5. The Bertz CT molecular complexity index is 601. The molecule has 0 saturated carbocycles. The quantitative estimate of drug-likeness (QED) is 0.851. The van der Waals surface area contributed by atoms with Crippen LogP contribution in [0.5, 0.6) is 0 Å². The highest BCUT2D eigenvalue weighted by Crippen LogP contribution is 2.14. The molecule has 0 spiro atoms. The van der Waals surface area contributed by atoms with Gasteiger partial charge in [-0.15, -0.1) is 0 Å². The second-order valence-electron chi connectivity index (χ2n) is 4.39. The van der Waals surface area contributed by atoms with Gasteiger partial charge in [0.25, 0.3) is 0 Å². The summed E-state index contributed by atoms with van der Waals surface area (Å²) in [6.07, 6.45) is 0. The van der Waals surface area contributed by atoms with Gasteiger partial charge in [-0.25, -0.2) is 4.39 Å². The number of benzene rings is 2. The summed E-state index contributed by atoms with van der Waals surface area (Å²) in [7, 11) is 1.85. The number of para-hydroxylation sites is 1. The van der Waals surface area contributed by atoms with Crippen LogP contribution in [0.25, 0.3) is 0 Å². The molecule has 2 nitrogen and oxygen atoms in total. The van der Waals surface area contributed by atoms with E-state index in [0.29, 0.717) is 22.4 Å². The van der Waals surface area contributed by atoms with Crippen LogP contribution in [0, 0.1) is 5.82 Å². The first-order chi connectivity index (χ1) is 9.56. The molecule has 0 atom stereocenters. The first-order valence-electron chi connectivity index (χ1n) is 6.07. The van der Waals surface area contributed by atoms with Crippen LogP contribution in [0.15, 0.2) is 48.5 Å². The number of hydrogen-bond donors (Lipinski definition) is 1. The predicted octanol–water partition coefficient (Wildman–Crippen LogP) is 4.31. The van der Waals surface area contributed by atoms with Crippen molar-refractivity contribution in [1.29, 1.82) is 0 Å². The van der Waals surface area contributed by atoms with E-state index >= 15 is 0 Å². The molecule has 20 heavy (non-hydrogen) atoms. The van der Waals surface area contributed by atoms with Gasteiger partial charge in [0.05, 0.1) is 5.69 Å². The Labute approximate surface area is 128 Å². The topological polar surface area (TPSA) is 15.3 Å². The van der Waals surface area contributed by atoms with Gasteiger partial charge < -0.3 is 10.2 Å². The molecule has 0 aromatic heterocycles. The molecule has 1 N–H and O–H groups in total. The summed E-state index contributed by atoms with van der Waals surface area (Å²) in [5, 5.41) is 4.06. The van der Waals surface area contributed by atoms with Gasteiger partial charge in [-0.05, 0) is 42.0 Å². The van der Waals surface area contributed by atoms with E-state index in [4.69, 9.17) is 23.8 Å². The molecule has 5 heteroatoms. The lowest BCUT2D eigenvalue weighted by Crippen LogP contribution is -2.30. The Hall–Kier alpha value is -1.65. The minimum absolute atomic E-state index is 0.324. The van der Waals surface area contributed by atoms with Gasteiger partial charge in [0.1, 0.15) is 5.82 Å². The van der Waals surface area contributed by atoms with E-state index in [9.17, 15) is 4.39 Å². The number of rotatable bonds is 3. The Kier molecular flexibility index (Phi) is 4.93. The SMILES string of the molecule is CN(Cc1ccc(Cl)cc1)C(=S)Nc1ccccc1F. The molecule has 0 bridgehead atoms. The largest absolute Gasteiger partial charge is 0.348 e. The zero-order chi connectivity index (χ0) is 14.5. The molecule has 0 aliphatic carbocycles. The third-order valence-corrected chi connectivity index (χ3v) is 3.46. The number of thiocarbonyl (C=S) groups is 1. The highest BCUT2D eigenvalue weighted by Gasteiger charge is 2.08. The maximum absolute atomic E-state index is 13.5. The molecular formula is C15H14ClFN2S. The third kappa shape index (κ3) is 3.92. The summed E-state index contributed by atoms with van der Waals surface area (Å²) < 4.78 is 13.5. The van der Waals surface area contributed by atoms with E-state index in [0.717, 1.165) is 5.56 Å². The number of halogens is 2. The van der Waals surface area contributed by atoms with Gasteiger partial charge in [0.2, 0.25) is 0 Å². The van der Waals surface area contributed by atoms with E-state index in [1.54, 1.807) is 18.2 Å². The van der Waals surface area contributed by atoms with Crippen molar-refractivity contribution in [3.63, 3.8) is 0 Å². The number of nitrogens with one attached hydrogen (secondary N) is 1. The highest BCUT2D eigenvalue weighted by atomic mass is 35.5. The fourth-order valence-corrected chi connectivity index (χ4v) is 2.01. The first-order valence-corrected chi connectivity index (χ1v) is 6.86. The smallest absolute Gasteiger partial charge is 0.173 e. The van der Waals surface area contributed by atoms with Crippen LogP contribution in [0.1, 0.15) is 5.56 Å². The summed E-state index contributed by atoms with van der Waals surface area (Å²) >= 11 is 11.1. The molecule has 0 amide bonds. The number of hydrogen-bond acceptors (Lipinski definition) is 1. The monoisotopic (exact) mass is 308 g/mol. The lowest BCUT2D eigenvalue weighted by molar-refractivity contribution is 0.508. The molecular weight excluding hydrogens is 295 g/mol. The summed E-state index contributed by atoms with van der Waals surface area (Å²) in [5.74, 6) is -0.324. The second kappa shape index (κ2) is 6.68. The molecule has 0 aliphatic heterocycles. The summed E-state index contributed by atoms with van der Waals surface area (Å²) in [5.41, 5.74) is 1.45. The molecule has 0 heterocycles. The van der Waals surface area contributed by atoms with Crippen molar-refractivity contribution < 1.29 is 4.39 Å². The molecule has 0 fully saturated rings. The summed E-state index contributed by atoms with van der Waals surface area (Å²) in [6.45, 7) is 0.622. The fraction of sp³-hybridized carbons (Fsp3) is 0.133. The van der Waals surface area contributed by atoms with Crippen molar-refractivity contribution in [3.05, 3.63) is 64.9 Å². The molecule has 0 radical (unpaired) electrons. The average Bonchev–Trinajstić information content (AvgIpc) is 2.44. The highest BCUT2D eigenvalue weighted by molar-refractivity contribution is 7.80. The van der Waals surface area contributed by atoms with Gasteiger partial charge in [-0.2, -0.15) is 0 Å². The summed E-state index contributed by atoms with van der Waals surface area (Å²) in [6, 6.07) is 14.0. The van der Waals surface area contributed by atoms with Gasteiger partial charge in [-0.3, -0.25) is 0 Å². The third-order valence-electron chi connectivity index (χ3n) is 2.80. The van der Waals surface area contributed by atoms with Gasteiger partial charge in [0.15, 0.2) is 5.11 Å². The average molecular weight is 309 g/mol. The molecule has 2 aromatic carbocycles. The molecule has 0 aliphatic rings.